The van der Waals surface area contributed by atoms with Gasteiger partial charge >= 0.3 is 0 Å². The van der Waals surface area contributed by atoms with Crippen molar-refractivity contribution in [1.82, 2.24) is 0 Å². The summed E-state index contributed by atoms with van der Waals surface area (Å²) >= 11 is 0. The zero-order chi connectivity index (χ0) is 15.0. The molecule has 0 N–H and O–H groups in total. The number of rotatable bonds is 9. The third-order valence-electron chi connectivity index (χ3n) is 4.34. The van der Waals surface area contributed by atoms with Crippen LogP contribution in [0.15, 0.2) is 30.3 Å². The maximum absolute atomic E-state index is 12.2. The first-order chi connectivity index (χ1) is 9.56. The van der Waals surface area contributed by atoms with E-state index in [9.17, 15) is 4.79 Å². The molecule has 0 saturated carbocycles. The molecule has 1 rings (SSSR count). The van der Waals surface area contributed by atoms with E-state index >= 15 is 0 Å². The summed E-state index contributed by atoms with van der Waals surface area (Å²) in [5, 5.41) is 0. The van der Waals surface area contributed by atoms with Crippen LogP contribution in [-0.4, -0.2) is 20.7 Å². The van der Waals surface area contributed by atoms with Crippen LogP contribution in [0.1, 0.15) is 33.3 Å². The van der Waals surface area contributed by atoms with Gasteiger partial charge in [0.25, 0.3) is 0 Å². The van der Waals surface area contributed by atoms with E-state index in [4.69, 9.17) is 4.43 Å². The van der Waals surface area contributed by atoms with Crippen LogP contribution in [0.2, 0.25) is 18.1 Å². The van der Waals surface area contributed by atoms with Gasteiger partial charge in [0.2, 0.25) is 0 Å². The summed E-state index contributed by atoms with van der Waals surface area (Å²) < 4.78 is 6.22. The molecule has 3 heteroatoms. The molecule has 0 aliphatic carbocycles. The highest BCUT2D eigenvalue weighted by atomic mass is 28.4. The van der Waals surface area contributed by atoms with Gasteiger partial charge in [-0.1, -0.05) is 58.0 Å². The van der Waals surface area contributed by atoms with E-state index in [2.05, 4.69) is 20.8 Å². The predicted molar refractivity (Wildman–Crippen MR) is 87.5 cm³/mol. The highest BCUT2D eigenvalue weighted by Crippen LogP contribution is 2.22. The van der Waals surface area contributed by atoms with Crippen molar-refractivity contribution in [3.05, 3.63) is 35.9 Å². The van der Waals surface area contributed by atoms with Crippen molar-refractivity contribution in [1.29, 1.82) is 0 Å². The van der Waals surface area contributed by atoms with Crippen LogP contribution in [0, 0.1) is 5.92 Å². The van der Waals surface area contributed by atoms with Gasteiger partial charge in [0.15, 0.2) is 8.32 Å². The first-order valence-electron chi connectivity index (χ1n) is 7.77. The van der Waals surface area contributed by atoms with Crippen molar-refractivity contribution in [2.75, 3.05) is 6.61 Å². The molecule has 0 radical (unpaired) electrons. The molecule has 112 valence electrons. The van der Waals surface area contributed by atoms with Gasteiger partial charge in [-0.05, 0) is 23.7 Å². The quantitative estimate of drug-likeness (QED) is 0.628. The SMILES string of the molecule is CC[Si](CC)(CC)OCC(C)C(=O)Cc1ccccc1. The Kier molecular flexibility index (Phi) is 7.17. The molecule has 0 bridgehead atoms. The van der Waals surface area contributed by atoms with E-state index in [0.29, 0.717) is 13.0 Å². The average Bonchev–Trinajstić information content (AvgIpc) is 2.50. The van der Waals surface area contributed by atoms with E-state index in [-0.39, 0.29) is 11.7 Å². The van der Waals surface area contributed by atoms with Gasteiger partial charge < -0.3 is 4.43 Å². The maximum atomic E-state index is 12.2. The van der Waals surface area contributed by atoms with Crippen molar-refractivity contribution in [3.63, 3.8) is 0 Å². The molecule has 0 aromatic heterocycles. The Hall–Kier alpha value is -0.933. The zero-order valence-corrected chi connectivity index (χ0v) is 14.3. The smallest absolute Gasteiger partial charge is 0.192 e. The third kappa shape index (κ3) is 4.87. The zero-order valence-electron chi connectivity index (χ0n) is 13.3. The lowest BCUT2D eigenvalue weighted by Gasteiger charge is -2.29. The fourth-order valence-corrected chi connectivity index (χ4v) is 5.14. The van der Waals surface area contributed by atoms with Gasteiger partial charge in [0.05, 0.1) is 0 Å². The van der Waals surface area contributed by atoms with Crippen LogP contribution in [-0.2, 0) is 15.6 Å². The van der Waals surface area contributed by atoms with Crippen molar-refractivity contribution in [2.24, 2.45) is 5.92 Å². The van der Waals surface area contributed by atoms with Gasteiger partial charge in [0, 0.05) is 18.9 Å². The molecule has 1 unspecified atom stereocenters. The average molecular weight is 292 g/mol. The highest BCUT2D eigenvalue weighted by molar-refractivity contribution is 6.73. The number of hydrogen-bond donors (Lipinski definition) is 0. The summed E-state index contributed by atoms with van der Waals surface area (Å²) in [6, 6.07) is 13.4. The standard InChI is InChI=1S/C17H28O2Si/c1-5-20(6-2,7-3)19-14-15(4)17(18)13-16-11-9-8-10-12-16/h8-12,15H,5-7,13-14H2,1-4H3. The predicted octanol–water partition coefficient (Wildman–Crippen LogP) is 4.46. The Morgan fingerprint density at radius 2 is 1.65 bits per heavy atom. The summed E-state index contributed by atoms with van der Waals surface area (Å²) in [6.45, 7) is 9.24. The topological polar surface area (TPSA) is 26.3 Å². The highest BCUT2D eigenvalue weighted by Gasteiger charge is 2.29. The molecule has 2 nitrogen and oxygen atoms in total. The lowest BCUT2D eigenvalue weighted by Crippen LogP contribution is -2.38. The van der Waals surface area contributed by atoms with Gasteiger partial charge in [-0.25, -0.2) is 0 Å². The van der Waals surface area contributed by atoms with Gasteiger partial charge in [-0.3, -0.25) is 4.79 Å². The molecular formula is C17H28O2Si. The van der Waals surface area contributed by atoms with Gasteiger partial charge in [0.1, 0.15) is 5.78 Å². The normalized spacial score (nSPS) is 13.2. The molecule has 1 aromatic carbocycles. The second kappa shape index (κ2) is 8.38. The number of benzene rings is 1. The Bertz CT molecular complexity index is 390. The second-order valence-electron chi connectivity index (χ2n) is 5.58. The minimum absolute atomic E-state index is 0.00766. The number of ketones is 1. The summed E-state index contributed by atoms with van der Waals surface area (Å²) in [5.41, 5.74) is 1.09. The first-order valence-corrected chi connectivity index (χ1v) is 10.3. The largest absolute Gasteiger partial charge is 0.416 e. The molecule has 0 saturated heterocycles. The number of carbonyl (C=O) groups is 1. The van der Waals surface area contributed by atoms with E-state index in [1.54, 1.807) is 0 Å². The molecule has 1 aromatic rings. The summed E-state index contributed by atoms with van der Waals surface area (Å²) in [4.78, 5) is 12.2. The fourth-order valence-electron chi connectivity index (χ4n) is 2.42. The molecule has 0 aliphatic heterocycles. The Morgan fingerprint density at radius 1 is 1.10 bits per heavy atom. The van der Waals surface area contributed by atoms with Crippen molar-refractivity contribution in [2.45, 2.75) is 52.2 Å². The van der Waals surface area contributed by atoms with Crippen molar-refractivity contribution in [3.8, 4) is 0 Å². The van der Waals surface area contributed by atoms with Gasteiger partial charge in [-0.2, -0.15) is 0 Å². The van der Waals surface area contributed by atoms with Crippen molar-refractivity contribution >= 4 is 14.1 Å². The van der Waals surface area contributed by atoms with Crippen LogP contribution in [0.3, 0.4) is 0 Å². The van der Waals surface area contributed by atoms with Crippen LogP contribution in [0.5, 0.6) is 0 Å². The Balaban J connectivity index is 2.50. The number of carbonyl (C=O) groups excluding carboxylic acids is 1. The van der Waals surface area contributed by atoms with E-state index in [1.165, 1.54) is 0 Å². The molecule has 0 heterocycles. The van der Waals surface area contributed by atoms with E-state index in [0.717, 1.165) is 23.7 Å². The van der Waals surface area contributed by atoms with Gasteiger partial charge in [-0.15, -0.1) is 0 Å². The number of Topliss-reactive ketones (excluding diaryl/α,β-unsaturated/α-hetero) is 1. The van der Waals surface area contributed by atoms with E-state index in [1.807, 2.05) is 37.3 Å². The lowest BCUT2D eigenvalue weighted by atomic mass is 10.0. The molecule has 1 atom stereocenters. The minimum atomic E-state index is -1.57. The second-order valence-corrected chi connectivity index (χ2v) is 10.4. The Morgan fingerprint density at radius 3 is 2.15 bits per heavy atom. The van der Waals surface area contributed by atoms with Crippen molar-refractivity contribution < 1.29 is 9.22 Å². The lowest BCUT2D eigenvalue weighted by molar-refractivity contribution is -0.122. The fraction of sp³-hybridized carbons (Fsp3) is 0.588. The molecular weight excluding hydrogens is 264 g/mol. The Labute approximate surface area is 124 Å². The maximum Gasteiger partial charge on any atom is 0.192 e. The summed E-state index contributed by atoms with van der Waals surface area (Å²) in [5.74, 6) is 0.272. The summed E-state index contributed by atoms with van der Waals surface area (Å²) in [6.07, 6.45) is 0.518. The molecule has 20 heavy (non-hydrogen) atoms. The third-order valence-corrected chi connectivity index (χ3v) is 8.99. The van der Waals surface area contributed by atoms with E-state index < -0.39 is 8.32 Å². The molecule has 0 fully saturated rings. The minimum Gasteiger partial charge on any atom is -0.416 e. The molecule has 0 aliphatic rings. The van der Waals surface area contributed by atoms with Crippen LogP contribution in [0.4, 0.5) is 0 Å². The summed E-state index contributed by atoms with van der Waals surface area (Å²) in [7, 11) is -1.57. The molecule has 0 spiro atoms. The number of hydrogen-bond acceptors (Lipinski definition) is 2. The first kappa shape index (κ1) is 17.1. The van der Waals surface area contributed by atoms with Crippen LogP contribution in [0.25, 0.3) is 0 Å². The van der Waals surface area contributed by atoms with Crippen LogP contribution >= 0.6 is 0 Å². The van der Waals surface area contributed by atoms with Crippen LogP contribution < -0.4 is 0 Å². The monoisotopic (exact) mass is 292 g/mol. The molecule has 0 amide bonds.